The van der Waals surface area contributed by atoms with E-state index in [9.17, 15) is 0 Å². The Kier molecular flexibility index (Phi) is 1.96. The lowest BCUT2D eigenvalue weighted by Crippen LogP contribution is -1.89. The molecule has 0 saturated carbocycles. The fraction of sp³-hybridized carbons (Fsp3) is 0.111. The van der Waals surface area contributed by atoms with Gasteiger partial charge in [-0.2, -0.15) is 0 Å². The van der Waals surface area contributed by atoms with Crippen LogP contribution in [-0.4, -0.2) is 0 Å². The summed E-state index contributed by atoms with van der Waals surface area (Å²) in [6.07, 6.45) is 3.23. The first-order valence-electron chi connectivity index (χ1n) is 3.50. The number of thioether (sulfide) groups is 1. The Balaban J connectivity index is 2.54. The minimum absolute atomic E-state index is 1.05. The number of fused-ring (bicyclic) bond motifs is 1. The molecule has 1 aliphatic rings. The lowest BCUT2D eigenvalue weighted by molar-refractivity contribution is 1.10. The van der Waals surface area contributed by atoms with E-state index in [0.717, 1.165) is 11.3 Å². The van der Waals surface area contributed by atoms with Gasteiger partial charge in [-0.1, -0.05) is 30.0 Å². The zero-order chi connectivity index (χ0) is 7.68. The Hall–Kier alpha value is -0.340. The third-order valence-electron chi connectivity index (χ3n) is 1.70. The first-order valence-corrected chi connectivity index (χ1v) is 4.83. The number of thiol groups is 1. The van der Waals surface area contributed by atoms with Crippen molar-refractivity contribution in [1.82, 2.24) is 0 Å². The predicted molar refractivity (Wildman–Crippen MR) is 52.4 cm³/mol. The van der Waals surface area contributed by atoms with E-state index in [0.29, 0.717) is 0 Å². The van der Waals surface area contributed by atoms with E-state index in [1.807, 2.05) is 6.07 Å². The molecule has 0 radical (unpaired) electrons. The lowest BCUT2D eigenvalue weighted by atomic mass is 10.1. The van der Waals surface area contributed by atoms with Gasteiger partial charge in [0.25, 0.3) is 0 Å². The summed E-state index contributed by atoms with van der Waals surface area (Å²) in [5.41, 5.74) is 1.39. The summed E-state index contributed by atoms with van der Waals surface area (Å²) in [5.74, 6) is 0. The molecular weight excluding hydrogens is 172 g/mol. The molecule has 0 bridgehead atoms. The highest BCUT2D eigenvalue weighted by molar-refractivity contribution is 8.02. The van der Waals surface area contributed by atoms with E-state index >= 15 is 0 Å². The highest BCUT2D eigenvalue weighted by Crippen LogP contribution is 2.33. The van der Waals surface area contributed by atoms with Gasteiger partial charge < -0.3 is 0 Å². The minimum Gasteiger partial charge on any atom is -0.142 e. The van der Waals surface area contributed by atoms with Crippen molar-refractivity contribution in [2.45, 2.75) is 16.2 Å². The molecule has 0 fully saturated rings. The smallest absolute Gasteiger partial charge is 0.0284 e. The number of rotatable bonds is 0. The van der Waals surface area contributed by atoms with Crippen LogP contribution in [0, 0.1) is 0 Å². The van der Waals surface area contributed by atoms with Crippen LogP contribution in [0.3, 0.4) is 0 Å². The van der Waals surface area contributed by atoms with Crippen LogP contribution < -0.4 is 0 Å². The molecular formula is C9H8S2. The maximum absolute atomic E-state index is 4.38. The van der Waals surface area contributed by atoms with Crippen LogP contribution in [0.1, 0.15) is 5.56 Å². The molecule has 0 N–H and O–H groups in total. The first-order chi connectivity index (χ1) is 5.38. The Morgan fingerprint density at radius 1 is 1.36 bits per heavy atom. The Morgan fingerprint density at radius 2 is 2.27 bits per heavy atom. The van der Waals surface area contributed by atoms with E-state index in [2.05, 4.69) is 36.2 Å². The fourth-order valence-electron chi connectivity index (χ4n) is 1.16. The lowest BCUT2D eigenvalue weighted by Gasteiger charge is -2.11. The zero-order valence-corrected chi connectivity index (χ0v) is 7.66. The van der Waals surface area contributed by atoms with E-state index < -0.39 is 0 Å². The van der Waals surface area contributed by atoms with Crippen LogP contribution in [0.2, 0.25) is 0 Å². The average molecular weight is 180 g/mol. The highest BCUT2D eigenvalue weighted by Gasteiger charge is 2.06. The molecule has 2 rings (SSSR count). The van der Waals surface area contributed by atoms with Crippen LogP contribution in [0.15, 0.2) is 39.5 Å². The number of allylic oxidation sites excluding steroid dienone is 1. The average Bonchev–Trinajstić information content (AvgIpc) is 2.06. The van der Waals surface area contributed by atoms with Gasteiger partial charge in [0, 0.05) is 9.79 Å². The molecule has 0 spiro atoms. The van der Waals surface area contributed by atoms with Crippen LogP contribution in [0.25, 0.3) is 0 Å². The molecule has 1 aromatic rings. The van der Waals surface area contributed by atoms with Crippen molar-refractivity contribution in [3.8, 4) is 0 Å². The second-order valence-electron chi connectivity index (χ2n) is 2.46. The summed E-state index contributed by atoms with van der Waals surface area (Å²) in [6.45, 7) is 0. The van der Waals surface area contributed by atoms with Gasteiger partial charge in [-0.25, -0.2) is 0 Å². The van der Waals surface area contributed by atoms with E-state index in [1.165, 1.54) is 10.5 Å². The SMILES string of the molecule is Sc1cccc2c1SC=CC2. The summed E-state index contributed by atoms with van der Waals surface area (Å²) in [5, 5.41) is 2.13. The minimum atomic E-state index is 1.05. The van der Waals surface area contributed by atoms with Crippen LogP contribution in [0.4, 0.5) is 0 Å². The van der Waals surface area contributed by atoms with Crippen molar-refractivity contribution in [2.24, 2.45) is 0 Å². The highest BCUT2D eigenvalue weighted by atomic mass is 32.2. The number of hydrogen-bond acceptors (Lipinski definition) is 2. The second kappa shape index (κ2) is 2.95. The standard InChI is InChI=1S/C9H8S2/c10-8-5-1-3-7-4-2-6-11-9(7)8/h1-3,5-6,10H,4H2. The van der Waals surface area contributed by atoms with Crippen molar-refractivity contribution >= 4 is 24.4 Å². The predicted octanol–water partition coefficient (Wildman–Crippen LogP) is 3.14. The summed E-state index contributed by atoms with van der Waals surface area (Å²) >= 11 is 6.14. The van der Waals surface area contributed by atoms with Crippen molar-refractivity contribution < 1.29 is 0 Å². The molecule has 1 aliphatic heterocycles. The molecule has 1 aromatic carbocycles. The van der Waals surface area contributed by atoms with Gasteiger partial charge in [-0.05, 0) is 23.5 Å². The van der Waals surface area contributed by atoms with Crippen molar-refractivity contribution in [3.05, 3.63) is 35.2 Å². The van der Waals surface area contributed by atoms with Gasteiger partial charge in [0.05, 0.1) is 0 Å². The van der Waals surface area contributed by atoms with Gasteiger partial charge in [-0.3, -0.25) is 0 Å². The molecule has 0 aliphatic carbocycles. The third kappa shape index (κ3) is 1.33. The summed E-state index contributed by atoms with van der Waals surface area (Å²) < 4.78 is 0. The van der Waals surface area contributed by atoms with E-state index in [4.69, 9.17) is 0 Å². The summed E-state index contributed by atoms with van der Waals surface area (Å²) in [7, 11) is 0. The van der Waals surface area contributed by atoms with Crippen molar-refractivity contribution in [2.75, 3.05) is 0 Å². The molecule has 0 saturated heterocycles. The maximum Gasteiger partial charge on any atom is 0.0284 e. The molecule has 0 unspecified atom stereocenters. The van der Waals surface area contributed by atoms with Crippen molar-refractivity contribution in [3.63, 3.8) is 0 Å². The molecule has 0 aromatic heterocycles. The number of hydrogen-bond donors (Lipinski definition) is 1. The molecule has 0 atom stereocenters. The van der Waals surface area contributed by atoms with Crippen LogP contribution >= 0.6 is 24.4 Å². The zero-order valence-electron chi connectivity index (χ0n) is 5.95. The molecule has 0 nitrogen and oxygen atoms in total. The van der Waals surface area contributed by atoms with Crippen LogP contribution in [0.5, 0.6) is 0 Å². The first kappa shape index (κ1) is 7.32. The van der Waals surface area contributed by atoms with Gasteiger partial charge in [0.1, 0.15) is 0 Å². The fourth-order valence-corrected chi connectivity index (χ4v) is 2.37. The normalized spacial score (nSPS) is 14.6. The van der Waals surface area contributed by atoms with Gasteiger partial charge in [0.2, 0.25) is 0 Å². The third-order valence-corrected chi connectivity index (χ3v) is 3.27. The quantitative estimate of drug-likeness (QED) is 0.598. The van der Waals surface area contributed by atoms with Gasteiger partial charge in [0.15, 0.2) is 0 Å². The second-order valence-corrected chi connectivity index (χ2v) is 3.86. The molecule has 56 valence electrons. The van der Waals surface area contributed by atoms with E-state index in [1.54, 1.807) is 11.8 Å². The number of benzene rings is 1. The van der Waals surface area contributed by atoms with E-state index in [-0.39, 0.29) is 0 Å². The Morgan fingerprint density at radius 3 is 3.09 bits per heavy atom. The Bertz CT molecular complexity index is 302. The Labute approximate surface area is 76.1 Å². The van der Waals surface area contributed by atoms with Gasteiger partial charge >= 0.3 is 0 Å². The molecule has 1 heterocycles. The van der Waals surface area contributed by atoms with Gasteiger partial charge in [-0.15, -0.1) is 12.6 Å². The largest absolute Gasteiger partial charge is 0.142 e. The summed E-state index contributed by atoms with van der Waals surface area (Å²) in [6, 6.07) is 6.25. The topological polar surface area (TPSA) is 0 Å². The maximum atomic E-state index is 4.38. The molecule has 2 heteroatoms. The monoisotopic (exact) mass is 180 g/mol. The summed E-state index contributed by atoms with van der Waals surface area (Å²) in [4.78, 5) is 2.41. The molecule has 11 heavy (non-hydrogen) atoms. The van der Waals surface area contributed by atoms with Crippen molar-refractivity contribution in [1.29, 1.82) is 0 Å². The molecule has 0 amide bonds. The van der Waals surface area contributed by atoms with Crippen LogP contribution in [-0.2, 0) is 6.42 Å².